The summed E-state index contributed by atoms with van der Waals surface area (Å²) in [5.41, 5.74) is 6.65. The lowest BCUT2D eigenvalue weighted by molar-refractivity contribution is 0.275. The fourth-order valence-corrected chi connectivity index (χ4v) is 2.00. The molecule has 1 atom stereocenters. The first-order valence-corrected chi connectivity index (χ1v) is 6.35. The van der Waals surface area contributed by atoms with Crippen molar-refractivity contribution in [2.75, 3.05) is 6.61 Å². The van der Waals surface area contributed by atoms with Crippen LogP contribution in [-0.2, 0) is 0 Å². The molecule has 4 heteroatoms. The molecule has 2 aromatic carbocycles. The summed E-state index contributed by atoms with van der Waals surface area (Å²) in [6, 6.07) is 15.2. The zero-order valence-electron chi connectivity index (χ0n) is 10.8. The van der Waals surface area contributed by atoms with Gasteiger partial charge in [0, 0.05) is 5.39 Å². The van der Waals surface area contributed by atoms with E-state index in [1.165, 1.54) is 12.1 Å². The molecule has 0 radical (unpaired) electrons. The molecule has 3 nitrogen and oxygen atoms in total. The van der Waals surface area contributed by atoms with Gasteiger partial charge in [-0.15, -0.1) is 0 Å². The Hall–Kier alpha value is -2.33. The van der Waals surface area contributed by atoms with E-state index in [0.29, 0.717) is 23.3 Å². The summed E-state index contributed by atoms with van der Waals surface area (Å²) in [7, 11) is 0. The second kappa shape index (κ2) is 5.35. The van der Waals surface area contributed by atoms with Crippen LogP contribution in [-0.4, -0.2) is 6.61 Å². The second-order valence-corrected chi connectivity index (χ2v) is 4.56. The van der Waals surface area contributed by atoms with Crippen molar-refractivity contribution in [3.63, 3.8) is 0 Å². The summed E-state index contributed by atoms with van der Waals surface area (Å²) in [5, 5.41) is 0.704. The molecule has 2 N–H and O–H groups in total. The number of furan rings is 1. The molecule has 0 aliphatic carbocycles. The van der Waals surface area contributed by atoms with Crippen LogP contribution in [0.15, 0.2) is 59.0 Å². The highest BCUT2D eigenvalue weighted by Crippen LogP contribution is 2.24. The zero-order valence-corrected chi connectivity index (χ0v) is 10.8. The molecule has 0 saturated carbocycles. The lowest BCUT2D eigenvalue weighted by Gasteiger charge is -2.10. The van der Waals surface area contributed by atoms with Crippen LogP contribution in [0.4, 0.5) is 4.39 Å². The number of benzene rings is 2. The zero-order chi connectivity index (χ0) is 13.9. The van der Waals surface area contributed by atoms with Crippen LogP contribution in [0.5, 0.6) is 5.75 Å². The van der Waals surface area contributed by atoms with Gasteiger partial charge in [-0.3, -0.25) is 0 Å². The summed E-state index contributed by atoms with van der Waals surface area (Å²) < 4.78 is 24.3. The molecule has 1 unspecified atom stereocenters. The number of hydrogen-bond acceptors (Lipinski definition) is 3. The molecule has 3 rings (SSSR count). The maximum absolute atomic E-state index is 13.1. The number of fused-ring (bicyclic) bond motifs is 1. The smallest absolute Gasteiger partial charge is 0.134 e. The highest BCUT2D eigenvalue weighted by atomic mass is 19.1. The predicted octanol–water partition coefficient (Wildman–Crippen LogP) is 3.65. The first kappa shape index (κ1) is 12.7. The minimum atomic E-state index is -0.398. The molecular weight excluding hydrogens is 257 g/mol. The first-order chi connectivity index (χ1) is 9.72. The third-order valence-corrected chi connectivity index (χ3v) is 3.04. The van der Waals surface area contributed by atoms with E-state index in [-0.39, 0.29) is 5.82 Å². The van der Waals surface area contributed by atoms with Crippen LogP contribution in [0.25, 0.3) is 11.0 Å². The van der Waals surface area contributed by atoms with Crippen LogP contribution in [0.3, 0.4) is 0 Å². The average Bonchev–Trinajstić information content (AvgIpc) is 2.89. The van der Waals surface area contributed by atoms with Gasteiger partial charge in [-0.25, -0.2) is 4.39 Å². The number of hydrogen-bond donors (Lipinski definition) is 1. The van der Waals surface area contributed by atoms with Gasteiger partial charge in [0.25, 0.3) is 0 Å². The molecule has 1 heterocycles. The maximum Gasteiger partial charge on any atom is 0.134 e. The third kappa shape index (κ3) is 2.65. The Morgan fingerprint density at radius 2 is 1.90 bits per heavy atom. The monoisotopic (exact) mass is 271 g/mol. The topological polar surface area (TPSA) is 48.4 Å². The van der Waals surface area contributed by atoms with Gasteiger partial charge in [-0.1, -0.05) is 18.2 Å². The Kier molecular flexibility index (Phi) is 3.39. The van der Waals surface area contributed by atoms with Gasteiger partial charge in [0.1, 0.15) is 29.5 Å². The molecule has 20 heavy (non-hydrogen) atoms. The quantitative estimate of drug-likeness (QED) is 0.788. The van der Waals surface area contributed by atoms with Crippen molar-refractivity contribution >= 4 is 11.0 Å². The van der Waals surface area contributed by atoms with E-state index in [9.17, 15) is 4.39 Å². The number of rotatable bonds is 4. The molecule has 102 valence electrons. The van der Waals surface area contributed by atoms with Gasteiger partial charge >= 0.3 is 0 Å². The minimum absolute atomic E-state index is 0.293. The molecule has 0 amide bonds. The Morgan fingerprint density at radius 3 is 2.70 bits per heavy atom. The van der Waals surface area contributed by atoms with Crippen molar-refractivity contribution in [2.45, 2.75) is 6.04 Å². The normalized spacial score (nSPS) is 12.5. The summed E-state index contributed by atoms with van der Waals surface area (Å²) in [4.78, 5) is 0. The van der Waals surface area contributed by atoms with Crippen molar-refractivity contribution in [1.82, 2.24) is 0 Å². The van der Waals surface area contributed by atoms with Crippen molar-refractivity contribution < 1.29 is 13.5 Å². The van der Waals surface area contributed by atoms with Crippen molar-refractivity contribution in [3.05, 3.63) is 66.2 Å². The van der Waals surface area contributed by atoms with Gasteiger partial charge in [-0.2, -0.15) is 0 Å². The highest BCUT2D eigenvalue weighted by molar-refractivity contribution is 5.78. The van der Waals surface area contributed by atoms with Crippen molar-refractivity contribution in [2.24, 2.45) is 5.73 Å². The van der Waals surface area contributed by atoms with E-state index in [0.717, 1.165) is 5.75 Å². The number of halogens is 1. The van der Waals surface area contributed by atoms with E-state index >= 15 is 0 Å². The molecule has 0 spiro atoms. The van der Waals surface area contributed by atoms with Gasteiger partial charge in [0.2, 0.25) is 0 Å². The Balaban J connectivity index is 1.73. The Labute approximate surface area is 115 Å². The van der Waals surface area contributed by atoms with E-state index in [4.69, 9.17) is 14.9 Å². The average molecular weight is 271 g/mol. The minimum Gasteiger partial charge on any atom is -0.491 e. The van der Waals surface area contributed by atoms with E-state index < -0.39 is 6.04 Å². The number of ether oxygens (including phenoxy) is 1. The van der Waals surface area contributed by atoms with Gasteiger partial charge in [-0.05, 0) is 36.4 Å². The van der Waals surface area contributed by atoms with Crippen LogP contribution in [0, 0.1) is 5.82 Å². The predicted molar refractivity (Wildman–Crippen MR) is 75.0 cm³/mol. The van der Waals surface area contributed by atoms with Crippen molar-refractivity contribution in [1.29, 1.82) is 0 Å². The number of para-hydroxylation sites is 1. The summed E-state index contributed by atoms with van der Waals surface area (Å²) in [6.45, 7) is 0.298. The summed E-state index contributed by atoms with van der Waals surface area (Å²) in [6.07, 6.45) is 0. The fourth-order valence-electron chi connectivity index (χ4n) is 2.00. The molecule has 0 aliphatic heterocycles. The van der Waals surface area contributed by atoms with Crippen molar-refractivity contribution in [3.8, 4) is 5.75 Å². The van der Waals surface area contributed by atoms with Gasteiger partial charge in [0.05, 0.1) is 6.04 Å². The Bertz CT molecular complexity index is 709. The molecule has 0 aliphatic rings. The standard InChI is InChI=1S/C16H14FNO2/c17-12-6-7-15-11(8-12)9-16(20-15)14(18)10-19-13-4-2-1-3-5-13/h1-9,14H,10,18H2. The highest BCUT2D eigenvalue weighted by Gasteiger charge is 2.13. The molecule has 0 saturated heterocycles. The lowest BCUT2D eigenvalue weighted by atomic mass is 10.2. The maximum atomic E-state index is 13.1. The van der Waals surface area contributed by atoms with Crippen LogP contribution in [0.2, 0.25) is 0 Å². The van der Waals surface area contributed by atoms with E-state index in [1.54, 1.807) is 12.1 Å². The third-order valence-electron chi connectivity index (χ3n) is 3.04. The summed E-state index contributed by atoms with van der Waals surface area (Å²) in [5.74, 6) is 1.05. The van der Waals surface area contributed by atoms with Gasteiger partial charge < -0.3 is 14.9 Å². The van der Waals surface area contributed by atoms with Gasteiger partial charge in [0.15, 0.2) is 0 Å². The largest absolute Gasteiger partial charge is 0.491 e. The Morgan fingerprint density at radius 1 is 1.10 bits per heavy atom. The lowest BCUT2D eigenvalue weighted by Crippen LogP contribution is -2.18. The number of nitrogens with two attached hydrogens (primary N) is 1. The summed E-state index contributed by atoms with van der Waals surface area (Å²) >= 11 is 0. The first-order valence-electron chi connectivity index (χ1n) is 6.35. The molecular formula is C16H14FNO2. The second-order valence-electron chi connectivity index (χ2n) is 4.56. The van der Waals surface area contributed by atoms with Crippen LogP contribution in [0.1, 0.15) is 11.8 Å². The van der Waals surface area contributed by atoms with E-state index in [1.807, 2.05) is 30.3 Å². The molecule has 0 fully saturated rings. The van der Waals surface area contributed by atoms with E-state index in [2.05, 4.69) is 0 Å². The molecule has 3 aromatic rings. The van der Waals surface area contributed by atoms with Crippen LogP contribution < -0.4 is 10.5 Å². The molecule has 1 aromatic heterocycles. The SMILES string of the molecule is NC(COc1ccccc1)c1cc2cc(F)ccc2o1. The molecule has 0 bridgehead atoms. The van der Waals surface area contributed by atoms with Crippen LogP contribution >= 0.6 is 0 Å². The fraction of sp³-hybridized carbons (Fsp3) is 0.125.